The minimum Gasteiger partial charge on any atom is -0.465 e. The number of hydrogen-bond acceptors (Lipinski definition) is 4. The van der Waals surface area contributed by atoms with Crippen LogP contribution in [0, 0.1) is 0 Å². The Labute approximate surface area is 167 Å². The van der Waals surface area contributed by atoms with Crippen molar-refractivity contribution in [3.05, 3.63) is 83.4 Å². The lowest BCUT2D eigenvalue weighted by atomic mass is 10.0. The number of ether oxygens (including phenoxy) is 2. The van der Waals surface area contributed by atoms with Crippen molar-refractivity contribution in [2.45, 2.75) is 0 Å². The average Bonchev–Trinajstić information content (AvgIpc) is 2.68. The lowest BCUT2D eigenvalue weighted by Gasteiger charge is -2.14. The standard InChI is InChI=1S/C21H16ClNO3S/c1-25-20(24)17-12-11-14(16-9-5-6-10-18(16)22)13-19(17)23-21(27)26-15-7-3-2-4-8-15/h2-13H,1H3,(H,23,27). The second-order valence-corrected chi connectivity index (χ2v) is 6.34. The highest BCUT2D eigenvalue weighted by Gasteiger charge is 2.15. The fraction of sp³-hybridized carbons (Fsp3) is 0.0476. The van der Waals surface area contributed by atoms with E-state index in [9.17, 15) is 4.79 Å². The summed E-state index contributed by atoms with van der Waals surface area (Å²) in [5, 5.41) is 3.69. The van der Waals surface area contributed by atoms with Gasteiger partial charge in [0.1, 0.15) is 5.75 Å². The fourth-order valence-corrected chi connectivity index (χ4v) is 2.98. The van der Waals surface area contributed by atoms with Crippen LogP contribution in [0.3, 0.4) is 0 Å². The summed E-state index contributed by atoms with van der Waals surface area (Å²) in [6, 6.07) is 21.9. The third kappa shape index (κ3) is 4.64. The second-order valence-electron chi connectivity index (χ2n) is 5.56. The van der Waals surface area contributed by atoms with Crippen molar-refractivity contribution >= 4 is 40.7 Å². The van der Waals surface area contributed by atoms with Gasteiger partial charge in [0, 0.05) is 10.6 Å². The summed E-state index contributed by atoms with van der Waals surface area (Å²) >= 11 is 11.6. The van der Waals surface area contributed by atoms with E-state index in [-0.39, 0.29) is 5.17 Å². The van der Waals surface area contributed by atoms with Crippen molar-refractivity contribution < 1.29 is 14.3 Å². The molecule has 27 heavy (non-hydrogen) atoms. The van der Waals surface area contributed by atoms with Gasteiger partial charge in [0.2, 0.25) is 0 Å². The summed E-state index contributed by atoms with van der Waals surface area (Å²) in [6.07, 6.45) is 0. The van der Waals surface area contributed by atoms with E-state index in [1.54, 1.807) is 36.4 Å². The quantitative estimate of drug-likeness (QED) is 0.460. The number of methoxy groups -OCH3 is 1. The number of esters is 1. The molecule has 136 valence electrons. The van der Waals surface area contributed by atoms with Crippen LogP contribution >= 0.6 is 23.8 Å². The minimum absolute atomic E-state index is 0.114. The van der Waals surface area contributed by atoms with Crippen LogP contribution in [0.25, 0.3) is 11.1 Å². The summed E-state index contributed by atoms with van der Waals surface area (Å²) in [4.78, 5) is 12.1. The van der Waals surface area contributed by atoms with Crippen molar-refractivity contribution in [1.29, 1.82) is 0 Å². The van der Waals surface area contributed by atoms with Gasteiger partial charge in [-0.25, -0.2) is 4.79 Å². The Morgan fingerprint density at radius 1 is 1.00 bits per heavy atom. The Morgan fingerprint density at radius 2 is 1.70 bits per heavy atom. The summed E-state index contributed by atoms with van der Waals surface area (Å²) in [5.41, 5.74) is 2.49. The monoisotopic (exact) mass is 397 g/mol. The molecule has 0 radical (unpaired) electrons. The molecule has 0 saturated heterocycles. The van der Waals surface area contributed by atoms with Gasteiger partial charge in [0.25, 0.3) is 5.17 Å². The molecule has 0 aliphatic carbocycles. The van der Waals surface area contributed by atoms with E-state index in [4.69, 9.17) is 33.3 Å². The van der Waals surface area contributed by atoms with Crippen LogP contribution in [0.1, 0.15) is 10.4 Å². The molecule has 0 aliphatic heterocycles. The van der Waals surface area contributed by atoms with E-state index >= 15 is 0 Å². The molecule has 0 amide bonds. The molecule has 0 spiro atoms. The van der Waals surface area contributed by atoms with E-state index in [2.05, 4.69) is 5.32 Å². The highest BCUT2D eigenvalue weighted by molar-refractivity contribution is 7.80. The van der Waals surface area contributed by atoms with Crippen LogP contribution in [-0.4, -0.2) is 18.3 Å². The van der Waals surface area contributed by atoms with Gasteiger partial charge in [-0.2, -0.15) is 0 Å². The molecule has 0 atom stereocenters. The molecule has 3 rings (SSSR count). The highest BCUT2D eigenvalue weighted by Crippen LogP contribution is 2.31. The number of hydrogen-bond donors (Lipinski definition) is 1. The van der Waals surface area contributed by atoms with Crippen LogP contribution in [-0.2, 0) is 4.74 Å². The molecule has 0 fully saturated rings. The number of halogens is 1. The van der Waals surface area contributed by atoms with E-state index < -0.39 is 5.97 Å². The van der Waals surface area contributed by atoms with Crippen LogP contribution in [0.15, 0.2) is 72.8 Å². The third-order valence-electron chi connectivity index (χ3n) is 3.80. The number of thiocarbonyl (C=S) groups is 1. The zero-order chi connectivity index (χ0) is 19.2. The third-order valence-corrected chi connectivity index (χ3v) is 4.32. The smallest absolute Gasteiger partial charge is 0.339 e. The molecular formula is C21H16ClNO3S. The van der Waals surface area contributed by atoms with Crippen LogP contribution in [0.4, 0.5) is 5.69 Å². The molecule has 6 heteroatoms. The summed E-state index contributed by atoms with van der Waals surface area (Å²) in [6.45, 7) is 0. The first-order valence-electron chi connectivity index (χ1n) is 8.09. The van der Waals surface area contributed by atoms with Crippen LogP contribution < -0.4 is 10.1 Å². The van der Waals surface area contributed by atoms with Crippen molar-refractivity contribution in [3.8, 4) is 16.9 Å². The van der Waals surface area contributed by atoms with E-state index in [0.29, 0.717) is 22.0 Å². The second kappa shape index (κ2) is 8.66. The lowest BCUT2D eigenvalue weighted by Crippen LogP contribution is -2.18. The molecular weight excluding hydrogens is 382 g/mol. The Kier molecular flexibility index (Phi) is 6.06. The number of benzene rings is 3. The average molecular weight is 398 g/mol. The summed E-state index contributed by atoms with van der Waals surface area (Å²) in [7, 11) is 1.33. The zero-order valence-corrected chi connectivity index (χ0v) is 16.0. The van der Waals surface area contributed by atoms with Crippen molar-refractivity contribution in [2.24, 2.45) is 0 Å². The molecule has 1 N–H and O–H groups in total. The Morgan fingerprint density at radius 3 is 2.41 bits per heavy atom. The number of rotatable bonds is 4. The van der Waals surface area contributed by atoms with Gasteiger partial charge in [0.15, 0.2) is 0 Å². The first-order valence-corrected chi connectivity index (χ1v) is 8.88. The van der Waals surface area contributed by atoms with Crippen molar-refractivity contribution in [1.82, 2.24) is 0 Å². The SMILES string of the molecule is COC(=O)c1ccc(-c2ccccc2Cl)cc1NC(=S)Oc1ccccc1. The van der Waals surface area contributed by atoms with Gasteiger partial charge in [-0.05, 0) is 48.1 Å². The predicted octanol–water partition coefficient (Wildman–Crippen LogP) is 5.57. The Hall–Kier alpha value is -2.89. The molecule has 0 aliphatic rings. The van der Waals surface area contributed by atoms with Crippen LogP contribution in [0.5, 0.6) is 5.75 Å². The van der Waals surface area contributed by atoms with E-state index in [1.165, 1.54) is 7.11 Å². The molecule has 3 aromatic rings. The van der Waals surface area contributed by atoms with Gasteiger partial charge in [-0.1, -0.05) is 54.1 Å². The van der Waals surface area contributed by atoms with E-state index in [0.717, 1.165) is 11.1 Å². The molecule has 0 unspecified atom stereocenters. The number of anilines is 1. The zero-order valence-electron chi connectivity index (χ0n) is 14.4. The lowest BCUT2D eigenvalue weighted by molar-refractivity contribution is 0.0602. The Balaban J connectivity index is 1.93. The first kappa shape index (κ1) is 18.9. The number of para-hydroxylation sites is 1. The van der Waals surface area contributed by atoms with E-state index in [1.807, 2.05) is 36.4 Å². The number of nitrogens with one attached hydrogen (secondary N) is 1. The predicted molar refractivity (Wildman–Crippen MR) is 112 cm³/mol. The van der Waals surface area contributed by atoms with Gasteiger partial charge < -0.3 is 14.8 Å². The van der Waals surface area contributed by atoms with Gasteiger partial charge in [-0.3, -0.25) is 0 Å². The minimum atomic E-state index is -0.481. The molecule has 0 saturated carbocycles. The maximum atomic E-state index is 12.1. The molecule has 3 aromatic carbocycles. The molecule has 0 aromatic heterocycles. The Bertz CT molecular complexity index is 976. The summed E-state index contributed by atoms with van der Waals surface area (Å²) < 4.78 is 10.5. The highest BCUT2D eigenvalue weighted by atomic mass is 35.5. The number of carbonyl (C=O) groups excluding carboxylic acids is 1. The maximum Gasteiger partial charge on any atom is 0.339 e. The summed E-state index contributed by atoms with van der Waals surface area (Å²) in [5.74, 6) is 0.114. The van der Waals surface area contributed by atoms with Gasteiger partial charge in [-0.15, -0.1) is 0 Å². The van der Waals surface area contributed by atoms with Crippen LogP contribution in [0.2, 0.25) is 5.02 Å². The van der Waals surface area contributed by atoms with Crippen molar-refractivity contribution in [2.75, 3.05) is 12.4 Å². The maximum absolute atomic E-state index is 12.1. The largest absolute Gasteiger partial charge is 0.465 e. The molecule has 0 heterocycles. The first-order chi connectivity index (χ1) is 13.1. The number of carbonyl (C=O) groups is 1. The van der Waals surface area contributed by atoms with Crippen molar-refractivity contribution in [3.63, 3.8) is 0 Å². The van der Waals surface area contributed by atoms with Gasteiger partial charge >= 0.3 is 5.97 Å². The van der Waals surface area contributed by atoms with Gasteiger partial charge in [0.05, 0.1) is 18.4 Å². The molecule has 0 bridgehead atoms. The molecule has 4 nitrogen and oxygen atoms in total. The topological polar surface area (TPSA) is 47.6 Å². The normalized spacial score (nSPS) is 10.1. The fourth-order valence-electron chi connectivity index (χ4n) is 2.53.